The predicted molar refractivity (Wildman–Crippen MR) is 74.2 cm³/mol. The van der Waals surface area contributed by atoms with E-state index in [0.717, 1.165) is 4.68 Å². The summed E-state index contributed by atoms with van der Waals surface area (Å²) in [4.78, 5) is 11.1. The van der Waals surface area contributed by atoms with Crippen molar-refractivity contribution in [3.63, 3.8) is 0 Å². The van der Waals surface area contributed by atoms with Crippen LogP contribution in [0.5, 0.6) is 5.75 Å². The fraction of sp³-hybridized carbons (Fsp3) is 0.231. The molecule has 0 fully saturated rings. The normalized spacial score (nSPS) is 10.8. The summed E-state index contributed by atoms with van der Waals surface area (Å²) in [7, 11) is -1.81. The maximum Gasteiger partial charge on any atom is 0.489 e. The summed E-state index contributed by atoms with van der Waals surface area (Å²) < 4.78 is 31.3. The van der Waals surface area contributed by atoms with Crippen molar-refractivity contribution >= 4 is 18.9 Å². The van der Waals surface area contributed by atoms with Crippen LogP contribution < -0.4 is 10.2 Å². The van der Waals surface area contributed by atoms with Gasteiger partial charge in [0.2, 0.25) is 0 Å². The highest BCUT2D eigenvalue weighted by Crippen LogP contribution is 2.17. The number of ether oxygens (including phenoxy) is 1. The third kappa shape index (κ3) is 3.69. The van der Waals surface area contributed by atoms with E-state index in [4.69, 9.17) is 4.74 Å². The summed E-state index contributed by atoms with van der Waals surface area (Å²) in [6.07, 6.45) is -0.729. The number of hydrogen-bond acceptors (Lipinski definition) is 5. The Morgan fingerprint density at radius 3 is 2.77 bits per heavy atom. The molecule has 0 saturated heterocycles. The Balaban J connectivity index is 2.17. The third-order valence-corrected chi connectivity index (χ3v) is 2.99. The van der Waals surface area contributed by atoms with Gasteiger partial charge in [-0.1, -0.05) is 12.1 Å². The second kappa shape index (κ2) is 7.14. The third-order valence-electron chi connectivity index (χ3n) is 2.99. The lowest BCUT2D eigenvalue weighted by Crippen LogP contribution is -2.33. The highest BCUT2D eigenvalue weighted by Gasteiger charge is 2.19. The van der Waals surface area contributed by atoms with Crippen molar-refractivity contribution in [2.45, 2.75) is 19.6 Å². The van der Waals surface area contributed by atoms with Crippen molar-refractivity contribution in [1.82, 2.24) is 9.78 Å². The molecule has 1 aromatic heterocycles. The van der Waals surface area contributed by atoms with Gasteiger partial charge in [0.1, 0.15) is 18.9 Å². The number of aldehydes is 1. The second-order valence-electron chi connectivity index (χ2n) is 4.43. The van der Waals surface area contributed by atoms with Crippen LogP contribution in [0.4, 0.5) is 8.78 Å². The largest absolute Gasteiger partial charge is 0.489 e. The molecule has 0 saturated carbocycles. The van der Waals surface area contributed by atoms with E-state index >= 15 is 0 Å². The molecule has 9 heteroatoms. The topological polar surface area (TPSA) is 84.6 Å². The average Bonchev–Trinajstić information content (AvgIpc) is 2.90. The van der Waals surface area contributed by atoms with Gasteiger partial charge in [-0.15, -0.1) is 0 Å². The molecular weight excluding hydrogens is 297 g/mol. The predicted octanol–water partition coefficient (Wildman–Crippen LogP) is 0.219. The van der Waals surface area contributed by atoms with Crippen LogP contribution in [-0.2, 0) is 13.2 Å². The number of nitrogens with zero attached hydrogens (tertiary/aromatic N) is 2. The van der Waals surface area contributed by atoms with Crippen LogP contribution in [0.2, 0.25) is 0 Å². The molecule has 116 valence electrons. The van der Waals surface area contributed by atoms with E-state index in [2.05, 4.69) is 5.10 Å². The van der Waals surface area contributed by atoms with E-state index in [1.54, 1.807) is 0 Å². The summed E-state index contributed by atoms with van der Waals surface area (Å²) in [5.41, 5.74) is 0.415. The van der Waals surface area contributed by atoms with E-state index in [-0.39, 0.29) is 23.4 Å². The molecule has 0 aliphatic rings. The SMILES string of the molecule is O=Cc1c(OCc2ccnn2CC(F)F)cccc1B(O)O. The summed E-state index contributed by atoms with van der Waals surface area (Å²) in [5, 5.41) is 22.2. The zero-order chi connectivity index (χ0) is 16.1. The Kier molecular flexibility index (Phi) is 5.23. The van der Waals surface area contributed by atoms with Crippen molar-refractivity contribution < 1.29 is 28.4 Å². The molecule has 6 nitrogen and oxygen atoms in total. The Morgan fingerprint density at radius 2 is 2.14 bits per heavy atom. The molecule has 0 bridgehead atoms. The Morgan fingerprint density at radius 1 is 1.36 bits per heavy atom. The van der Waals surface area contributed by atoms with Crippen molar-refractivity contribution in [3.8, 4) is 5.75 Å². The highest BCUT2D eigenvalue weighted by atomic mass is 19.3. The lowest BCUT2D eigenvalue weighted by Gasteiger charge is -2.12. The minimum Gasteiger partial charge on any atom is -0.487 e. The van der Waals surface area contributed by atoms with Crippen LogP contribution in [-0.4, -0.2) is 39.7 Å². The Labute approximate surface area is 125 Å². The number of benzene rings is 1. The van der Waals surface area contributed by atoms with Gasteiger partial charge in [0, 0.05) is 6.20 Å². The van der Waals surface area contributed by atoms with Gasteiger partial charge >= 0.3 is 7.12 Å². The van der Waals surface area contributed by atoms with E-state index < -0.39 is 20.1 Å². The van der Waals surface area contributed by atoms with Crippen molar-refractivity contribution in [1.29, 1.82) is 0 Å². The lowest BCUT2D eigenvalue weighted by atomic mass is 9.77. The number of halogens is 2. The van der Waals surface area contributed by atoms with Crippen LogP contribution in [0.25, 0.3) is 0 Å². The van der Waals surface area contributed by atoms with Gasteiger partial charge in [-0.05, 0) is 17.6 Å². The molecule has 2 aromatic rings. The number of aromatic nitrogens is 2. The fourth-order valence-corrected chi connectivity index (χ4v) is 1.97. The van der Waals surface area contributed by atoms with Gasteiger partial charge in [-0.3, -0.25) is 9.48 Å². The van der Waals surface area contributed by atoms with E-state index in [9.17, 15) is 23.6 Å². The van der Waals surface area contributed by atoms with Crippen molar-refractivity contribution in [2.75, 3.05) is 0 Å². The smallest absolute Gasteiger partial charge is 0.487 e. The molecule has 0 aliphatic heterocycles. The van der Waals surface area contributed by atoms with Crippen LogP contribution in [0, 0.1) is 0 Å². The second-order valence-corrected chi connectivity index (χ2v) is 4.43. The first-order chi connectivity index (χ1) is 10.5. The number of carbonyl (C=O) groups excluding carboxylic acids is 1. The molecule has 0 amide bonds. The van der Waals surface area contributed by atoms with Crippen LogP contribution in [0.1, 0.15) is 16.1 Å². The first-order valence-corrected chi connectivity index (χ1v) is 6.38. The van der Waals surface area contributed by atoms with E-state index in [0.29, 0.717) is 12.0 Å². The molecule has 0 spiro atoms. The molecule has 0 atom stereocenters. The quantitative estimate of drug-likeness (QED) is 0.564. The zero-order valence-corrected chi connectivity index (χ0v) is 11.4. The summed E-state index contributed by atoms with van der Waals surface area (Å²) >= 11 is 0. The molecule has 2 rings (SSSR count). The Hall–Kier alpha value is -2.26. The fourth-order valence-electron chi connectivity index (χ4n) is 1.97. The molecular formula is C13H13BF2N2O4. The van der Waals surface area contributed by atoms with E-state index in [1.807, 2.05) is 0 Å². The molecule has 0 aliphatic carbocycles. The molecule has 1 aromatic carbocycles. The maximum absolute atomic E-state index is 12.4. The monoisotopic (exact) mass is 310 g/mol. The number of rotatable bonds is 7. The highest BCUT2D eigenvalue weighted by molar-refractivity contribution is 6.60. The molecule has 0 radical (unpaired) electrons. The molecule has 1 heterocycles. The summed E-state index contributed by atoms with van der Waals surface area (Å²) in [5.74, 6) is 0.130. The van der Waals surface area contributed by atoms with E-state index in [1.165, 1.54) is 30.5 Å². The zero-order valence-electron chi connectivity index (χ0n) is 11.4. The van der Waals surface area contributed by atoms with Gasteiger partial charge in [0.25, 0.3) is 6.43 Å². The minimum atomic E-state index is -2.54. The standard InChI is InChI=1S/C13H13BF2N2O4/c15-13(16)6-18-9(4-5-17-18)8-22-12-3-1-2-11(14(20)21)10(12)7-19/h1-5,7,13,20-21H,6,8H2. The lowest BCUT2D eigenvalue weighted by molar-refractivity contribution is 0.111. The number of hydrogen-bond donors (Lipinski definition) is 2. The number of carbonyl (C=O) groups is 1. The van der Waals surface area contributed by atoms with Gasteiger partial charge in [-0.25, -0.2) is 8.78 Å². The van der Waals surface area contributed by atoms with Crippen LogP contribution in [0.15, 0.2) is 30.5 Å². The first kappa shape index (κ1) is 16.1. The molecule has 2 N–H and O–H groups in total. The van der Waals surface area contributed by atoms with Gasteiger partial charge < -0.3 is 14.8 Å². The van der Waals surface area contributed by atoms with Crippen molar-refractivity contribution in [2.24, 2.45) is 0 Å². The molecule has 0 unspecified atom stereocenters. The minimum absolute atomic E-state index is 0.00238. The van der Waals surface area contributed by atoms with Gasteiger partial charge in [0.05, 0.1) is 11.3 Å². The van der Waals surface area contributed by atoms with Crippen LogP contribution in [0.3, 0.4) is 0 Å². The maximum atomic E-state index is 12.4. The summed E-state index contributed by atoms with van der Waals surface area (Å²) in [6, 6.07) is 5.87. The first-order valence-electron chi connectivity index (χ1n) is 6.38. The Bertz CT molecular complexity index is 649. The van der Waals surface area contributed by atoms with Crippen molar-refractivity contribution in [3.05, 3.63) is 41.7 Å². The number of alkyl halides is 2. The average molecular weight is 310 g/mol. The van der Waals surface area contributed by atoms with Gasteiger partial charge in [0.15, 0.2) is 6.29 Å². The molecule has 22 heavy (non-hydrogen) atoms. The van der Waals surface area contributed by atoms with Gasteiger partial charge in [-0.2, -0.15) is 5.10 Å². The van der Waals surface area contributed by atoms with Crippen LogP contribution >= 0.6 is 0 Å². The summed E-state index contributed by atoms with van der Waals surface area (Å²) in [6.45, 7) is -0.639.